The van der Waals surface area contributed by atoms with E-state index in [9.17, 15) is 23.1 Å². The SMILES string of the molecule is NC(=O)C1=NN(c2ccccc2)C(=O)C1N=Nc1cc(Cl)cc(S(=O)(=O)O)c1[O-].[Na+]. The molecule has 1 aliphatic heterocycles. The van der Waals surface area contributed by atoms with Gasteiger partial charge in [0, 0.05) is 5.02 Å². The number of carbonyl (C=O) groups is 2. The number of nitrogens with two attached hydrogens (primary N) is 1. The summed E-state index contributed by atoms with van der Waals surface area (Å²) < 4.78 is 31.7. The normalized spacial score (nSPS) is 16.5. The number of hydrazone groups is 1. The molecule has 0 radical (unpaired) electrons. The maximum absolute atomic E-state index is 12.6. The molecule has 2 amide bonds. The van der Waals surface area contributed by atoms with E-state index in [1.165, 1.54) is 0 Å². The molecule has 3 N–H and O–H groups in total. The average Bonchev–Trinajstić information content (AvgIpc) is 2.98. The first kappa shape index (κ1) is 23.9. The molecule has 3 rings (SSSR count). The van der Waals surface area contributed by atoms with Gasteiger partial charge in [0.15, 0.2) is 5.71 Å². The molecule has 1 atom stereocenters. The molecular formula is C16H11ClN5NaO6S. The molecule has 0 bridgehead atoms. The summed E-state index contributed by atoms with van der Waals surface area (Å²) in [6.45, 7) is 0. The van der Waals surface area contributed by atoms with E-state index >= 15 is 0 Å². The zero-order valence-electron chi connectivity index (χ0n) is 15.3. The van der Waals surface area contributed by atoms with Gasteiger partial charge in [-0.1, -0.05) is 35.5 Å². The van der Waals surface area contributed by atoms with Crippen LogP contribution in [0.4, 0.5) is 11.4 Å². The van der Waals surface area contributed by atoms with Crippen LogP contribution in [0.1, 0.15) is 0 Å². The van der Waals surface area contributed by atoms with Crippen molar-refractivity contribution in [1.29, 1.82) is 0 Å². The number of rotatable bonds is 5. The van der Waals surface area contributed by atoms with Gasteiger partial charge in [-0.05, 0) is 24.3 Å². The van der Waals surface area contributed by atoms with Crippen molar-refractivity contribution >= 4 is 50.6 Å². The molecular weight excluding hydrogens is 449 g/mol. The van der Waals surface area contributed by atoms with Gasteiger partial charge in [-0.15, -0.1) is 0 Å². The van der Waals surface area contributed by atoms with E-state index in [4.69, 9.17) is 21.9 Å². The van der Waals surface area contributed by atoms with Gasteiger partial charge in [-0.3, -0.25) is 14.1 Å². The number of azo groups is 1. The van der Waals surface area contributed by atoms with E-state index in [-0.39, 0.29) is 34.6 Å². The minimum absolute atomic E-state index is 0. The fourth-order valence-corrected chi connectivity index (χ4v) is 3.32. The molecule has 14 heteroatoms. The summed E-state index contributed by atoms with van der Waals surface area (Å²) in [5.74, 6) is -2.99. The number of halogens is 1. The molecule has 1 unspecified atom stereocenters. The van der Waals surface area contributed by atoms with Crippen LogP contribution in [0.2, 0.25) is 5.02 Å². The Morgan fingerprint density at radius 1 is 1.27 bits per heavy atom. The van der Waals surface area contributed by atoms with Gasteiger partial charge in [0.1, 0.15) is 0 Å². The molecule has 1 heterocycles. The van der Waals surface area contributed by atoms with Crippen molar-refractivity contribution in [2.24, 2.45) is 21.1 Å². The van der Waals surface area contributed by atoms with E-state index in [0.717, 1.165) is 17.1 Å². The Labute approximate surface area is 197 Å². The fourth-order valence-electron chi connectivity index (χ4n) is 2.43. The average molecular weight is 460 g/mol. The summed E-state index contributed by atoms with van der Waals surface area (Å²) in [5, 5.41) is 23.9. The van der Waals surface area contributed by atoms with Crippen molar-refractivity contribution in [2.45, 2.75) is 10.9 Å². The van der Waals surface area contributed by atoms with E-state index in [2.05, 4.69) is 15.3 Å². The molecule has 2 aromatic carbocycles. The molecule has 1 aliphatic rings. The number of hydrogen-bond acceptors (Lipinski definition) is 8. The van der Waals surface area contributed by atoms with Crippen molar-refractivity contribution in [3.05, 3.63) is 47.5 Å². The minimum atomic E-state index is -4.87. The summed E-state index contributed by atoms with van der Waals surface area (Å²) in [5.41, 5.74) is 4.60. The molecule has 0 spiro atoms. The molecule has 0 aromatic heterocycles. The second-order valence-corrected chi connectivity index (χ2v) is 7.51. The van der Waals surface area contributed by atoms with Gasteiger partial charge in [0.25, 0.3) is 21.9 Å². The standard InChI is InChI=1S/C16H12ClN5O6S.Na/c17-8-6-10(14(23)11(7-8)29(26,27)28)19-20-13-12(15(18)24)21-22(16(13)25)9-4-2-1-3-5-9;/h1-7,13,23H,(H2,18,24)(H,26,27,28);/q;+1/p-1. The molecule has 0 fully saturated rings. The van der Waals surface area contributed by atoms with E-state index in [1.807, 2.05) is 0 Å². The molecule has 0 aliphatic carbocycles. The van der Waals surface area contributed by atoms with Crippen LogP contribution >= 0.6 is 11.6 Å². The zero-order valence-corrected chi connectivity index (χ0v) is 18.8. The monoisotopic (exact) mass is 459 g/mol. The van der Waals surface area contributed by atoms with Crippen LogP contribution in [0.25, 0.3) is 0 Å². The maximum Gasteiger partial charge on any atom is 1.00 e. The molecule has 2 aromatic rings. The second-order valence-electron chi connectivity index (χ2n) is 5.68. The van der Waals surface area contributed by atoms with Gasteiger partial charge in [0.2, 0.25) is 6.04 Å². The number of para-hydroxylation sites is 1. The van der Waals surface area contributed by atoms with Gasteiger partial charge in [-0.2, -0.15) is 28.8 Å². The van der Waals surface area contributed by atoms with Crippen LogP contribution in [0.15, 0.2) is 62.7 Å². The van der Waals surface area contributed by atoms with Crippen molar-refractivity contribution in [3.63, 3.8) is 0 Å². The number of amides is 2. The molecule has 11 nitrogen and oxygen atoms in total. The van der Waals surface area contributed by atoms with Crippen molar-refractivity contribution in [1.82, 2.24) is 0 Å². The molecule has 0 saturated carbocycles. The minimum Gasteiger partial charge on any atom is -0.870 e. The van der Waals surface area contributed by atoms with Crippen LogP contribution < -0.4 is 45.4 Å². The summed E-state index contributed by atoms with van der Waals surface area (Å²) in [6, 6.07) is 8.29. The molecule has 0 saturated heterocycles. The summed E-state index contributed by atoms with van der Waals surface area (Å²) in [7, 11) is -4.87. The first-order valence-corrected chi connectivity index (χ1v) is 9.57. The van der Waals surface area contributed by atoms with E-state index in [1.54, 1.807) is 30.3 Å². The van der Waals surface area contributed by atoms with E-state index < -0.39 is 50.0 Å². The van der Waals surface area contributed by atoms with Gasteiger partial charge < -0.3 is 10.8 Å². The predicted octanol–water partition coefficient (Wildman–Crippen LogP) is -2.00. The van der Waals surface area contributed by atoms with Crippen LogP contribution in [0.5, 0.6) is 5.75 Å². The number of anilines is 1. The van der Waals surface area contributed by atoms with Crippen molar-refractivity contribution in [2.75, 3.05) is 5.01 Å². The Morgan fingerprint density at radius 2 is 1.90 bits per heavy atom. The summed E-state index contributed by atoms with van der Waals surface area (Å²) in [4.78, 5) is 23.3. The van der Waals surface area contributed by atoms with E-state index in [0.29, 0.717) is 5.69 Å². The third-order valence-electron chi connectivity index (χ3n) is 3.72. The Kier molecular flexibility index (Phi) is 7.34. The Hall–Kier alpha value is -2.35. The molecule has 30 heavy (non-hydrogen) atoms. The largest absolute Gasteiger partial charge is 1.00 e. The fraction of sp³-hybridized carbons (Fsp3) is 0.0625. The smallest absolute Gasteiger partial charge is 0.870 e. The van der Waals surface area contributed by atoms with Crippen LogP contribution in [0.3, 0.4) is 0 Å². The Balaban J connectivity index is 0.00000320. The quantitative estimate of drug-likeness (QED) is 0.296. The van der Waals surface area contributed by atoms with Gasteiger partial charge in [-0.25, -0.2) is 0 Å². The first-order chi connectivity index (χ1) is 13.6. The second kappa shape index (κ2) is 9.20. The number of hydrogen-bond donors (Lipinski definition) is 2. The number of benzene rings is 2. The summed E-state index contributed by atoms with van der Waals surface area (Å²) in [6.07, 6.45) is 0. The number of nitrogens with zero attached hydrogens (tertiary/aromatic N) is 4. The number of carbonyl (C=O) groups excluding carboxylic acids is 2. The Bertz CT molecular complexity index is 1170. The first-order valence-electron chi connectivity index (χ1n) is 7.76. The van der Waals surface area contributed by atoms with Gasteiger partial charge in [0.05, 0.1) is 16.3 Å². The third-order valence-corrected chi connectivity index (χ3v) is 4.80. The van der Waals surface area contributed by atoms with Crippen LogP contribution in [0, 0.1) is 0 Å². The molecule has 150 valence electrons. The summed E-state index contributed by atoms with van der Waals surface area (Å²) >= 11 is 5.75. The van der Waals surface area contributed by atoms with Crippen molar-refractivity contribution in [3.8, 4) is 5.75 Å². The predicted molar refractivity (Wildman–Crippen MR) is 99.6 cm³/mol. The van der Waals surface area contributed by atoms with Crippen LogP contribution in [-0.4, -0.2) is 36.5 Å². The van der Waals surface area contributed by atoms with Crippen LogP contribution in [-0.2, 0) is 19.7 Å². The third kappa shape index (κ3) is 4.86. The van der Waals surface area contributed by atoms with Gasteiger partial charge >= 0.3 is 29.6 Å². The number of primary amides is 1. The topological polar surface area (TPSA) is 178 Å². The zero-order chi connectivity index (χ0) is 21.3. The maximum atomic E-state index is 12.6. The Morgan fingerprint density at radius 3 is 2.47 bits per heavy atom. The van der Waals surface area contributed by atoms with Crippen molar-refractivity contribution < 1.29 is 57.2 Å².